The van der Waals surface area contributed by atoms with Crippen LogP contribution in [0, 0.1) is 16.0 Å². The quantitative estimate of drug-likeness (QED) is 0.612. The number of hydrogen-bond donors (Lipinski definition) is 1. The highest BCUT2D eigenvalue weighted by Gasteiger charge is 2.27. The molecule has 0 amide bonds. The molecule has 0 aliphatic carbocycles. The Kier molecular flexibility index (Phi) is 5.79. The Bertz CT molecular complexity index is 921. The fraction of sp³-hybridized carbons (Fsp3) is 0.500. The van der Waals surface area contributed by atoms with Crippen molar-refractivity contribution in [1.29, 1.82) is 0 Å². The normalized spacial score (nSPS) is 20.2. The van der Waals surface area contributed by atoms with Crippen LogP contribution in [0.2, 0.25) is 0 Å². The number of piperidine rings is 1. The summed E-state index contributed by atoms with van der Waals surface area (Å²) in [5.41, 5.74) is -0.494. The summed E-state index contributed by atoms with van der Waals surface area (Å²) in [4.78, 5) is 36.3. The van der Waals surface area contributed by atoms with Crippen LogP contribution in [0.4, 0.5) is 5.69 Å². The summed E-state index contributed by atoms with van der Waals surface area (Å²) < 4.78 is 2.80. The first-order valence-corrected chi connectivity index (χ1v) is 8.10. The van der Waals surface area contributed by atoms with Gasteiger partial charge in [0.05, 0.1) is 15.8 Å². The summed E-state index contributed by atoms with van der Waals surface area (Å²) in [5.74, 6) is 0.130. The van der Waals surface area contributed by atoms with E-state index in [0.717, 1.165) is 13.1 Å². The van der Waals surface area contributed by atoms with Gasteiger partial charge in [-0.25, -0.2) is 4.79 Å². The summed E-state index contributed by atoms with van der Waals surface area (Å²) in [6.07, 6.45) is 0.681. The first kappa shape index (κ1) is 19.3. The molecular formula is C16H21BrN4O4. The van der Waals surface area contributed by atoms with Gasteiger partial charge in [0.1, 0.15) is 0 Å². The number of nitro groups is 1. The summed E-state index contributed by atoms with van der Waals surface area (Å²) in [7, 11) is 0. The molecule has 0 bridgehead atoms. The van der Waals surface area contributed by atoms with E-state index in [-0.39, 0.29) is 45.7 Å². The molecule has 136 valence electrons. The molecule has 0 spiro atoms. The van der Waals surface area contributed by atoms with E-state index in [0.29, 0.717) is 18.5 Å². The Morgan fingerprint density at radius 2 is 2.08 bits per heavy atom. The van der Waals surface area contributed by atoms with E-state index in [9.17, 15) is 19.7 Å². The van der Waals surface area contributed by atoms with Gasteiger partial charge in [-0.05, 0) is 38.4 Å². The Balaban J connectivity index is 0.00000225. The minimum atomic E-state index is -0.530. The maximum absolute atomic E-state index is 12.9. The van der Waals surface area contributed by atoms with Crippen LogP contribution in [0.15, 0.2) is 27.8 Å². The lowest BCUT2D eigenvalue weighted by Crippen LogP contribution is -2.48. The van der Waals surface area contributed by atoms with Crippen LogP contribution in [0.5, 0.6) is 0 Å². The highest BCUT2D eigenvalue weighted by Crippen LogP contribution is 2.23. The average molecular weight is 413 g/mol. The Labute approximate surface area is 154 Å². The summed E-state index contributed by atoms with van der Waals surface area (Å²) >= 11 is 0. The van der Waals surface area contributed by atoms with Crippen molar-refractivity contribution in [3.8, 4) is 0 Å². The van der Waals surface area contributed by atoms with Crippen LogP contribution in [0.1, 0.15) is 26.3 Å². The molecule has 2 aromatic rings. The van der Waals surface area contributed by atoms with E-state index in [2.05, 4.69) is 5.32 Å². The molecule has 0 radical (unpaired) electrons. The van der Waals surface area contributed by atoms with E-state index < -0.39 is 10.5 Å². The molecule has 9 heteroatoms. The molecule has 1 saturated heterocycles. The van der Waals surface area contributed by atoms with Gasteiger partial charge < -0.3 is 5.32 Å². The van der Waals surface area contributed by atoms with E-state index in [1.165, 1.54) is 27.3 Å². The third-order valence-corrected chi connectivity index (χ3v) is 4.76. The summed E-state index contributed by atoms with van der Waals surface area (Å²) in [6.45, 7) is 5.68. The van der Waals surface area contributed by atoms with Gasteiger partial charge in [-0.15, -0.1) is 17.0 Å². The third-order valence-electron chi connectivity index (χ3n) is 4.76. The fourth-order valence-corrected chi connectivity index (χ4v) is 3.48. The number of rotatable bonds is 3. The molecule has 2 atom stereocenters. The van der Waals surface area contributed by atoms with Gasteiger partial charge in [-0.3, -0.25) is 24.0 Å². The van der Waals surface area contributed by atoms with Gasteiger partial charge in [0, 0.05) is 24.7 Å². The monoisotopic (exact) mass is 412 g/mol. The second-order valence-electron chi connectivity index (χ2n) is 6.20. The van der Waals surface area contributed by atoms with Crippen molar-refractivity contribution in [2.45, 2.75) is 32.9 Å². The predicted octanol–water partition coefficient (Wildman–Crippen LogP) is 1.84. The zero-order chi connectivity index (χ0) is 17.4. The molecule has 1 aromatic heterocycles. The maximum atomic E-state index is 12.9. The van der Waals surface area contributed by atoms with Gasteiger partial charge in [-0.2, -0.15) is 0 Å². The fourth-order valence-electron chi connectivity index (χ4n) is 3.48. The van der Waals surface area contributed by atoms with Crippen LogP contribution in [0.25, 0.3) is 10.9 Å². The number of hydrogen-bond acceptors (Lipinski definition) is 5. The molecule has 1 N–H and O–H groups in total. The first-order valence-electron chi connectivity index (χ1n) is 8.10. The molecule has 8 nitrogen and oxygen atoms in total. The third kappa shape index (κ3) is 3.25. The number of nitrogens with one attached hydrogen (secondary N) is 1. The average Bonchev–Trinajstić information content (AvgIpc) is 2.56. The minimum absolute atomic E-state index is 0. The maximum Gasteiger partial charge on any atom is 0.331 e. The van der Waals surface area contributed by atoms with Crippen molar-refractivity contribution in [3.05, 3.63) is 49.2 Å². The van der Waals surface area contributed by atoms with Gasteiger partial charge in [0.25, 0.3) is 11.2 Å². The highest BCUT2D eigenvalue weighted by molar-refractivity contribution is 8.93. The molecule has 1 fully saturated rings. The second kappa shape index (κ2) is 7.49. The Morgan fingerprint density at radius 1 is 1.36 bits per heavy atom. The molecule has 0 saturated carbocycles. The lowest BCUT2D eigenvalue weighted by atomic mass is 9.95. The van der Waals surface area contributed by atoms with Gasteiger partial charge in [-0.1, -0.05) is 6.92 Å². The van der Waals surface area contributed by atoms with Crippen molar-refractivity contribution in [1.82, 2.24) is 14.5 Å². The van der Waals surface area contributed by atoms with Crippen molar-refractivity contribution in [3.63, 3.8) is 0 Å². The molecule has 2 heterocycles. The number of non-ortho nitro benzene ring substituents is 1. The smallest absolute Gasteiger partial charge is 0.316 e. The predicted molar refractivity (Wildman–Crippen MR) is 101 cm³/mol. The van der Waals surface area contributed by atoms with Crippen molar-refractivity contribution >= 4 is 33.6 Å². The van der Waals surface area contributed by atoms with Crippen molar-refractivity contribution < 1.29 is 4.92 Å². The van der Waals surface area contributed by atoms with Gasteiger partial charge >= 0.3 is 5.69 Å². The van der Waals surface area contributed by atoms with Gasteiger partial charge in [0.15, 0.2) is 0 Å². The van der Waals surface area contributed by atoms with E-state index >= 15 is 0 Å². The van der Waals surface area contributed by atoms with E-state index in [1.54, 1.807) is 0 Å². The number of aromatic nitrogens is 2. The topological polar surface area (TPSA) is 99.2 Å². The van der Waals surface area contributed by atoms with Crippen LogP contribution >= 0.6 is 17.0 Å². The summed E-state index contributed by atoms with van der Waals surface area (Å²) in [6, 6.07) is 3.87. The SMILES string of the molecule is Br.CCn1c(=O)n(C2CCNCC2C)c(=O)c2cc([N+](=O)[O-])ccc21. The number of nitrogens with zero attached hydrogens (tertiary/aromatic N) is 3. The molecule has 25 heavy (non-hydrogen) atoms. The van der Waals surface area contributed by atoms with Crippen molar-refractivity contribution in [2.24, 2.45) is 5.92 Å². The lowest BCUT2D eigenvalue weighted by Gasteiger charge is -2.31. The molecule has 3 rings (SSSR count). The minimum Gasteiger partial charge on any atom is -0.316 e. The zero-order valence-corrected chi connectivity index (χ0v) is 15.8. The standard InChI is InChI=1S/C16H20N4O4.BrH/c1-3-18-14-5-4-11(20(23)24)8-12(14)15(21)19(16(18)22)13-6-7-17-9-10(13)2;/h4-5,8,10,13,17H,3,6-7,9H2,1-2H3;1H. The first-order chi connectivity index (χ1) is 11.5. The molecular weight excluding hydrogens is 392 g/mol. The Morgan fingerprint density at radius 3 is 2.68 bits per heavy atom. The van der Waals surface area contributed by atoms with Crippen LogP contribution in [-0.4, -0.2) is 27.1 Å². The molecule has 1 aliphatic heterocycles. The number of aryl methyl sites for hydroxylation is 1. The number of nitro benzene ring substituents is 1. The summed E-state index contributed by atoms with van der Waals surface area (Å²) in [5, 5.41) is 14.5. The van der Waals surface area contributed by atoms with Crippen LogP contribution in [0.3, 0.4) is 0 Å². The second-order valence-corrected chi connectivity index (χ2v) is 6.20. The van der Waals surface area contributed by atoms with Gasteiger partial charge in [0.2, 0.25) is 0 Å². The molecule has 1 aliphatic rings. The lowest BCUT2D eigenvalue weighted by molar-refractivity contribution is -0.384. The van der Waals surface area contributed by atoms with Crippen molar-refractivity contribution in [2.75, 3.05) is 13.1 Å². The number of halogens is 1. The Hall–Kier alpha value is -2.00. The van der Waals surface area contributed by atoms with Crippen LogP contribution < -0.4 is 16.6 Å². The highest BCUT2D eigenvalue weighted by atomic mass is 79.9. The largest absolute Gasteiger partial charge is 0.331 e. The molecule has 1 aromatic carbocycles. The van der Waals surface area contributed by atoms with E-state index in [4.69, 9.17) is 0 Å². The zero-order valence-electron chi connectivity index (χ0n) is 14.1. The van der Waals surface area contributed by atoms with Crippen LogP contribution in [-0.2, 0) is 6.54 Å². The van der Waals surface area contributed by atoms with E-state index in [1.807, 2.05) is 13.8 Å². The molecule has 2 unspecified atom stereocenters. The number of fused-ring (bicyclic) bond motifs is 1. The number of benzene rings is 1.